The summed E-state index contributed by atoms with van der Waals surface area (Å²) >= 11 is 0. The molecule has 9 N–H and O–H groups in total. The summed E-state index contributed by atoms with van der Waals surface area (Å²) in [6.07, 6.45) is -0.946. The number of imidazole rings is 1. The monoisotopic (exact) mass is 520 g/mol. The van der Waals surface area contributed by atoms with E-state index < -0.39 is 48.0 Å². The summed E-state index contributed by atoms with van der Waals surface area (Å²) in [5, 5.41) is 10.4. The number of aliphatic hydroxyl groups excluding tert-OH is 1. The van der Waals surface area contributed by atoms with Gasteiger partial charge in [0.1, 0.15) is 17.3 Å². The number of hydrogen-bond acceptors (Lipinski definition) is 13. The maximum absolute atomic E-state index is 11.9. The summed E-state index contributed by atoms with van der Waals surface area (Å²) in [6, 6.07) is 0. The van der Waals surface area contributed by atoms with Gasteiger partial charge < -0.3 is 40.9 Å². The molecule has 32 heavy (non-hydrogen) atoms. The van der Waals surface area contributed by atoms with Crippen molar-refractivity contribution in [2.75, 3.05) is 18.1 Å². The predicted molar refractivity (Wildman–Crippen MR) is 103 cm³/mol. The lowest BCUT2D eigenvalue weighted by molar-refractivity contribution is -0.113. The molecule has 0 aliphatic carbocycles. The molecule has 1 fully saturated rings. The number of phosphoric ester groups is 1. The molecule has 18 nitrogen and oxygen atoms in total. The Morgan fingerprint density at radius 1 is 1.19 bits per heavy atom. The topological polar surface area (TPSA) is 285 Å². The molecule has 1 aliphatic rings. The van der Waals surface area contributed by atoms with Gasteiger partial charge in [-0.25, -0.2) is 18.7 Å². The van der Waals surface area contributed by atoms with Crippen LogP contribution in [0.25, 0.3) is 11.2 Å². The van der Waals surface area contributed by atoms with Crippen molar-refractivity contribution in [1.82, 2.24) is 19.5 Å². The van der Waals surface area contributed by atoms with Crippen LogP contribution in [0, 0.1) is 0 Å². The van der Waals surface area contributed by atoms with E-state index >= 15 is 0 Å². The van der Waals surface area contributed by atoms with E-state index in [1.54, 1.807) is 0 Å². The number of nitrogens with two attached hydrogens (primary N) is 2. The van der Waals surface area contributed by atoms with Crippen molar-refractivity contribution in [3.05, 3.63) is 6.33 Å². The summed E-state index contributed by atoms with van der Waals surface area (Å²) in [5.41, 5.74) is 10.1. The molecule has 180 valence electrons. The highest BCUT2D eigenvalue weighted by atomic mass is 31.3. The number of fused-ring (bicyclic) bond motifs is 1. The maximum Gasteiger partial charge on any atom is 0.490 e. The number of phosphoric acid groups is 3. The molecule has 2 aromatic rings. The number of aromatic nitrogens is 4. The van der Waals surface area contributed by atoms with Crippen molar-refractivity contribution < 1.29 is 56.3 Å². The van der Waals surface area contributed by atoms with Crippen molar-refractivity contribution in [3.63, 3.8) is 0 Å². The van der Waals surface area contributed by atoms with Crippen molar-refractivity contribution in [2.24, 2.45) is 0 Å². The molecule has 0 amide bonds. The molecular formula is C11H19N6O12P3. The third-order valence-electron chi connectivity index (χ3n) is 4.24. The minimum Gasteiger partial charge on any atom is -0.390 e. The molecule has 1 saturated heterocycles. The van der Waals surface area contributed by atoms with E-state index in [0.717, 1.165) is 0 Å². The molecule has 2 aromatic heterocycles. The average Bonchev–Trinajstić information content (AvgIpc) is 3.12. The van der Waals surface area contributed by atoms with E-state index in [1.165, 1.54) is 17.8 Å². The van der Waals surface area contributed by atoms with Crippen molar-refractivity contribution >= 4 is 46.4 Å². The summed E-state index contributed by atoms with van der Waals surface area (Å²) < 4.78 is 53.0. The number of hydrogen-bond donors (Lipinski definition) is 7. The molecule has 5 atom stereocenters. The van der Waals surface area contributed by atoms with E-state index in [0.29, 0.717) is 0 Å². The van der Waals surface area contributed by atoms with E-state index in [-0.39, 0.29) is 29.4 Å². The molecule has 5 unspecified atom stereocenters. The predicted octanol–water partition coefficient (Wildman–Crippen LogP) is -0.628. The molecule has 0 spiro atoms. The first kappa shape index (κ1) is 25.1. The second-order valence-electron chi connectivity index (χ2n) is 6.79. The van der Waals surface area contributed by atoms with Gasteiger partial charge in [0, 0.05) is 6.42 Å². The van der Waals surface area contributed by atoms with Crippen LogP contribution in [0.5, 0.6) is 0 Å². The van der Waals surface area contributed by atoms with E-state index in [2.05, 4.69) is 28.1 Å². The van der Waals surface area contributed by atoms with Gasteiger partial charge in [-0.15, -0.1) is 0 Å². The fraction of sp³-hybridized carbons (Fsp3) is 0.545. The Kier molecular flexibility index (Phi) is 6.56. The standard InChI is InChI=1S/C11H19N6O12P3/c1-11(3-26-31(22,23)29-32(24,25)28-30(19,20)21)5(18)2-6(27-11)17-4-14-7-8(12)15-10(13)16-9(7)17/h4-6,18H,2-3H2,1H3,(H,22,23)(H,24,25)(H2,19,20,21)(H4,12,13,15,16). The molecule has 3 heterocycles. The third kappa shape index (κ3) is 5.69. The van der Waals surface area contributed by atoms with Crippen LogP contribution >= 0.6 is 23.5 Å². The Labute approximate surface area is 178 Å². The molecule has 0 radical (unpaired) electrons. The van der Waals surface area contributed by atoms with Crippen LogP contribution < -0.4 is 11.5 Å². The quantitative estimate of drug-likeness (QED) is 0.213. The Bertz CT molecular complexity index is 1170. The lowest BCUT2D eigenvalue weighted by Crippen LogP contribution is -2.40. The lowest BCUT2D eigenvalue weighted by Gasteiger charge is -2.28. The summed E-state index contributed by atoms with van der Waals surface area (Å²) in [4.78, 5) is 47.7. The zero-order valence-electron chi connectivity index (χ0n) is 16.0. The number of rotatable bonds is 8. The fourth-order valence-electron chi connectivity index (χ4n) is 2.86. The van der Waals surface area contributed by atoms with Crippen molar-refractivity contribution in [1.29, 1.82) is 0 Å². The molecule has 3 rings (SSSR count). The second kappa shape index (κ2) is 8.36. The van der Waals surface area contributed by atoms with E-state index in [9.17, 15) is 28.6 Å². The van der Waals surface area contributed by atoms with Gasteiger partial charge in [0.15, 0.2) is 11.5 Å². The van der Waals surface area contributed by atoms with E-state index in [4.69, 9.17) is 26.0 Å². The number of nitrogen functional groups attached to an aromatic ring is 2. The first-order valence-corrected chi connectivity index (χ1v) is 12.9. The Balaban J connectivity index is 1.73. The summed E-state index contributed by atoms with van der Waals surface area (Å²) in [6.45, 7) is 0.458. The number of ether oxygens (including phenoxy) is 1. The smallest absolute Gasteiger partial charge is 0.390 e. The minimum absolute atomic E-state index is 0.0141. The summed E-state index contributed by atoms with van der Waals surface area (Å²) in [5.74, 6) is -0.120. The van der Waals surface area contributed by atoms with Crippen LogP contribution in [-0.2, 0) is 31.6 Å². The largest absolute Gasteiger partial charge is 0.490 e. The third-order valence-corrected chi connectivity index (χ3v) is 8.02. The molecule has 0 bridgehead atoms. The number of aliphatic hydroxyl groups is 1. The molecule has 1 aliphatic heterocycles. The number of anilines is 2. The van der Waals surface area contributed by atoms with Gasteiger partial charge in [0.2, 0.25) is 5.95 Å². The fourth-order valence-corrected chi connectivity index (χ4v) is 5.97. The average molecular weight is 520 g/mol. The lowest BCUT2D eigenvalue weighted by atomic mass is 10.0. The van der Waals surface area contributed by atoms with Crippen LogP contribution in [0.15, 0.2) is 6.33 Å². The van der Waals surface area contributed by atoms with Gasteiger partial charge in [-0.3, -0.25) is 9.09 Å². The van der Waals surface area contributed by atoms with Gasteiger partial charge in [0.05, 0.1) is 19.0 Å². The van der Waals surface area contributed by atoms with Gasteiger partial charge in [0.25, 0.3) is 0 Å². The first-order chi connectivity index (χ1) is 14.5. The zero-order chi connectivity index (χ0) is 24.1. The molecule has 0 aromatic carbocycles. The normalized spacial score (nSPS) is 27.9. The SMILES string of the molecule is CC1(COP(=O)(O)OP(=O)(O)OP(=O)(O)O)OC(n2cnc3c(N)nc(N)nc32)CC1O. The number of nitrogens with zero attached hydrogens (tertiary/aromatic N) is 4. The van der Waals surface area contributed by atoms with Crippen LogP contribution in [0.1, 0.15) is 19.6 Å². The van der Waals surface area contributed by atoms with Gasteiger partial charge in [-0.1, -0.05) is 0 Å². The van der Waals surface area contributed by atoms with Crippen molar-refractivity contribution in [2.45, 2.75) is 31.3 Å². The zero-order valence-corrected chi connectivity index (χ0v) is 18.7. The van der Waals surface area contributed by atoms with Gasteiger partial charge in [-0.2, -0.15) is 18.6 Å². The molecular weight excluding hydrogens is 501 g/mol. The van der Waals surface area contributed by atoms with Gasteiger partial charge in [-0.05, 0) is 6.92 Å². The summed E-state index contributed by atoms with van der Waals surface area (Å²) in [7, 11) is -16.6. The molecule has 21 heteroatoms. The van der Waals surface area contributed by atoms with Crippen LogP contribution in [-0.4, -0.2) is 62.5 Å². The molecule has 0 saturated carbocycles. The van der Waals surface area contributed by atoms with Gasteiger partial charge >= 0.3 is 23.5 Å². The second-order valence-corrected chi connectivity index (χ2v) is 11.2. The van der Waals surface area contributed by atoms with Crippen LogP contribution in [0.3, 0.4) is 0 Å². The van der Waals surface area contributed by atoms with Crippen LogP contribution in [0.2, 0.25) is 0 Å². The minimum atomic E-state index is -5.68. The first-order valence-electron chi connectivity index (χ1n) is 8.40. The Hall–Kier alpha value is -1.52. The van der Waals surface area contributed by atoms with E-state index in [1.807, 2.05) is 0 Å². The van der Waals surface area contributed by atoms with Crippen LogP contribution in [0.4, 0.5) is 11.8 Å². The Morgan fingerprint density at radius 2 is 1.84 bits per heavy atom. The maximum atomic E-state index is 11.9. The highest BCUT2D eigenvalue weighted by molar-refractivity contribution is 7.66. The highest BCUT2D eigenvalue weighted by Gasteiger charge is 2.48. The highest BCUT2D eigenvalue weighted by Crippen LogP contribution is 2.66. The van der Waals surface area contributed by atoms with Crippen molar-refractivity contribution in [3.8, 4) is 0 Å². The Morgan fingerprint density at radius 3 is 2.47 bits per heavy atom.